The summed E-state index contributed by atoms with van der Waals surface area (Å²) in [5.74, 6) is -0.195. The molecule has 58 valence electrons. The highest BCUT2D eigenvalue weighted by Crippen LogP contribution is 1.93. The van der Waals surface area contributed by atoms with E-state index in [0.717, 1.165) is 0 Å². The third-order valence-electron chi connectivity index (χ3n) is 1.47. The van der Waals surface area contributed by atoms with Gasteiger partial charge in [-0.25, -0.2) is 0 Å². The second-order valence-corrected chi connectivity index (χ2v) is 2.21. The van der Waals surface area contributed by atoms with Crippen LogP contribution < -0.4 is 5.32 Å². The molecule has 2 N–H and O–H groups in total. The number of ether oxygens (including phenoxy) is 1. The molecule has 1 heterocycles. The number of rotatable bonds is 2. The van der Waals surface area contributed by atoms with Crippen LogP contribution in [0.3, 0.4) is 0 Å². The van der Waals surface area contributed by atoms with E-state index >= 15 is 0 Å². The van der Waals surface area contributed by atoms with Crippen LogP contribution in [0.1, 0.15) is 0 Å². The van der Waals surface area contributed by atoms with Gasteiger partial charge in [-0.15, -0.1) is 0 Å². The fourth-order valence-corrected chi connectivity index (χ4v) is 0.882. The molecule has 1 saturated heterocycles. The molecular weight excluding hydrogens is 134 g/mol. The van der Waals surface area contributed by atoms with Crippen LogP contribution >= 0.6 is 0 Å². The minimum Gasteiger partial charge on any atom is -0.389 e. The number of aliphatic hydroxyl groups is 1. The number of Topliss-reactive ketones (excluding diaryl/α,β-unsaturated/α-hetero) is 1. The Bertz CT molecular complexity index is 120. The third kappa shape index (κ3) is 1.76. The quantitative estimate of drug-likeness (QED) is 0.498. The van der Waals surface area contributed by atoms with Gasteiger partial charge in [-0.2, -0.15) is 0 Å². The second-order valence-electron chi connectivity index (χ2n) is 2.21. The maximum absolute atomic E-state index is 10.8. The lowest BCUT2D eigenvalue weighted by Gasteiger charge is -2.21. The zero-order valence-electron chi connectivity index (χ0n) is 5.67. The Morgan fingerprint density at radius 3 is 3.10 bits per heavy atom. The van der Waals surface area contributed by atoms with E-state index in [1.165, 1.54) is 0 Å². The van der Waals surface area contributed by atoms with Gasteiger partial charge in [0, 0.05) is 6.54 Å². The maximum atomic E-state index is 10.8. The molecule has 1 aliphatic rings. The summed E-state index contributed by atoms with van der Waals surface area (Å²) in [6.07, 6.45) is 0. The van der Waals surface area contributed by atoms with E-state index in [1.807, 2.05) is 0 Å². The van der Waals surface area contributed by atoms with Crippen molar-refractivity contribution < 1.29 is 14.6 Å². The van der Waals surface area contributed by atoms with Crippen molar-refractivity contribution in [2.24, 2.45) is 0 Å². The van der Waals surface area contributed by atoms with Crippen molar-refractivity contribution in [1.82, 2.24) is 5.32 Å². The molecule has 10 heavy (non-hydrogen) atoms. The van der Waals surface area contributed by atoms with E-state index in [1.54, 1.807) is 0 Å². The van der Waals surface area contributed by atoms with Gasteiger partial charge in [-0.05, 0) is 0 Å². The predicted octanol–water partition coefficient (Wildman–Crippen LogP) is -1.46. The van der Waals surface area contributed by atoms with Gasteiger partial charge in [-0.1, -0.05) is 0 Å². The van der Waals surface area contributed by atoms with Crippen LogP contribution in [-0.2, 0) is 9.53 Å². The number of carbonyl (C=O) groups is 1. The minimum absolute atomic E-state index is 0.195. The van der Waals surface area contributed by atoms with E-state index in [0.29, 0.717) is 19.8 Å². The Hall–Kier alpha value is -0.450. The van der Waals surface area contributed by atoms with Crippen molar-refractivity contribution in [3.8, 4) is 0 Å². The molecule has 0 spiro atoms. The van der Waals surface area contributed by atoms with Crippen molar-refractivity contribution in [2.75, 3.05) is 26.4 Å². The van der Waals surface area contributed by atoms with E-state index in [2.05, 4.69) is 5.32 Å². The van der Waals surface area contributed by atoms with Gasteiger partial charge in [0.15, 0.2) is 5.78 Å². The van der Waals surface area contributed by atoms with Gasteiger partial charge in [0.25, 0.3) is 0 Å². The van der Waals surface area contributed by atoms with Crippen LogP contribution in [-0.4, -0.2) is 43.3 Å². The number of morpholine rings is 1. The zero-order chi connectivity index (χ0) is 7.40. The highest BCUT2D eigenvalue weighted by Gasteiger charge is 2.19. The zero-order valence-corrected chi connectivity index (χ0v) is 5.67. The van der Waals surface area contributed by atoms with E-state index < -0.39 is 6.61 Å². The molecule has 1 aliphatic heterocycles. The number of aliphatic hydroxyl groups excluding tert-OH is 1. The molecule has 0 aromatic carbocycles. The summed E-state index contributed by atoms with van der Waals surface area (Å²) in [6.45, 7) is 1.33. The van der Waals surface area contributed by atoms with Crippen molar-refractivity contribution >= 4 is 5.78 Å². The van der Waals surface area contributed by atoms with Gasteiger partial charge in [0.1, 0.15) is 6.61 Å². The van der Waals surface area contributed by atoms with Gasteiger partial charge in [0.05, 0.1) is 19.3 Å². The molecule has 4 heteroatoms. The van der Waals surface area contributed by atoms with E-state index in [-0.39, 0.29) is 11.8 Å². The number of hydrogen-bond acceptors (Lipinski definition) is 4. The first-order valence-electron chi connectivity index (χ1n) is 3.29. The summed E-state index contributed by atoms with van der Waals surface area (Å²) in [4.78, 5) is 10.8. The fourth-order valence-electron chi connectivity index (χ4n) is 0.882. The third-order valence-corrected chi connectivity index (χ3v) is 1.47. The molecule has 1 rings (SSSR count). The average molecular weight is 145 g/mol. The molecule has 0 aromatic heterocycles. The maximum Gasteiger partial charge on any atom is 0.177 e. The number of nitrogens with one attached hydrogen (secondary N) is 1. The second kappa shape index (κ2) is 3.65. The van der Waals surface area contributed by atoms with E-state index in [9.17, 15) is 4.79 Å². The Morgan fingerprint density at radius 2 is 2.60 bits per heavy atom. The first-order chi connectivity index (χ1) is 4.84. The van der Waals surface area contributed by atoms with Crippen LogP contribution in [0, 0.1) is 0 Å². The van der Waals surface area contributed by atoms with E-state index in [4.69, 9.17) is 9.84 Å². The van der Waals surface area contributed by atoms with Crippen LogP contribution in [0.2, 0.25) is 0 Å². The van der Waals surface area contributed by atoms with Gasteiger partial charge >= 0.3 is 0 Å². The Kier molecular flexibility index (Phi) is 2.80. The molecule has 0 amide bonds. The monoisotopic (exact) mass is 145 g/mol. The SMILES string of the molecule is O=C(CO)[C@@H]1COCCN1. The summed E-state index contributed by atoms with van der Waals surface area (Å²) < 4.78 is 5.01. The van der Waals surface area contributed by atoms with Crippen molar-refractivity contribution in [3.05, 3.63) is 0 Å². The lowest BCUT2D eigenvalue weighted by Crippen LogP contribution is -2.47. The molecule has 0 aromatic rings. The molecule has 0 radical (unpaired) electrons. The molecule has 1 atom stereocenters. The average Bonchev–Trinajstić information content (AvgIpc) is 2.05. The van der Waals surface area contributed by atoms with Gasteiger partial charge in [0.2, 0.25) is 0 Å². The number of ketones is 1. The highest BCUT2D eigenvalue weighted by molar-refractivity contribution is 5.85. The summed E-state index contributed by atoms with van der Waals surface area (Å²) >= 11 is 0. The Labute approximate surface area is 59.2 Å². The first kappa shape index (κ1) is 7.65. The largest absolute Gasteiger partial charge is 0.389 e. The van der Waals surface area contributed by atoms with Crippen LogP contribution in [0.5, 0.6) is 0 Å². The lowest BCUT2D eigenvalue weighted by molar-refractivity contribution is -0.126. The molecule has 4 nitrogen and oxygen atoms in total. The Morgan fingerprint density at radius 1 is 1.80 bits per heavy atom. The molecule has 0 aliphatic carbocycles. The predicted molar refractivity (Wildman–Crippen MR) is 34.7 cm³/mol. The summed E-state index contributed by atoms with van der Waals surface area (Å²) in [5.41, 5.74) is 0. The smallest absolute Gasteiger partial charge is 0.177 e. The fraction of sp³-hybridized carbons (Fsp3) is 0.833. The number of carbonyl (C=O) groups excluding carboxylic acids is 1. The summed E-state index contributed by atoms with van der Waals surface area (Å²) in [7, 11) is 0. The molecule has 1 fully saturated rings. The minimum atomic E-state index is -0.402. The molecule has 0 bridgehead atoms. The van der Waals surface area contributed by atoms with Gasteiger partial charge in [-0.3, -0.25) is 4.79 Å². The van der Waals surface area contributed by atoms with Crippen molar-refractivity contribution in [2.45, 2.75) is 6.04 Å². The topological polar surface area (TPSA) is 58.6 Å². The standard InChI is InChI=1S/C6H11NO3/c8-3-6(9)5-4-10-2-1-7-5/h5,7-8H,1-4H2/t5-/m0/s1. The van der Waals surface area contributed by atoms with Crippen molar-refractivity contribution in [1.29, 1.82) is 0 Å². The van der Waals surface area contributed by atoms with Gasteiger partial charge < -0.3 is 15.2 Å². The lowest BCUT2D eigenvalue weighted by atomic mass is 10.2. The van der Waals surface area contributed by atoms with Crippen LogP contribution in [0.15, 0.2) is 0 Å². The summed E-state index contributed by atoms with van der Waals surface area (Å²) in [5, 5.41) is 11.4. The molecule has 0 unspecified atom stereocenters. The first-order valence-corrected chi connectivity index (χ1v) is 3.29. The normalized spacial score (nSPS) is 26.3. The summed E-state index contributed by atoms with van der Waals surface area (Å²) in [6, 6.07) is -0.293. The van der Waals surface area contributed by atoms with Crippen LogP contribution in [0.4, 0.5) is 0 Å². The molecular formula is C6H11NO3. The highest BCUT2D eigenvalue weighted by atomic mass is 16.5. The van der Waals surface area contributed by atoms with Crippen LogP contribution in [0.25, 0.3) is 0 Å². The van der Waals surface area contributed by atoms with Crippen molar-refractivity contribution in [3.63, 3.8) is 0 Å². The number of hydrogen-bond donors (Lipinski definition) is 2. The Balaban J connectivity index is 2.31. The molecule has 0 saturated carbocycles.